The van der Waals surface area contributed by atoms with Crippen LogP contribution in [0, 0.1) is 11.8 Å². The Hall–Kier alpha value is -1.31. The molecule has 2 nitrogen and oxygen atoms in total. The summed E-state index contributed by atoms with van der Waals surface area (Å²) in [4.78, 5) is 11.1. The van der Waals surface area contributed by atoms with Gasteiger partial charge in [-0.25, -0.2) is 0 Å². The zero-order valence-corrected chi connectivity index (χ0v) is 14.3. The van der Waals surface area contributed by atoms with Crippen LogP contribution in [-0.4, -0.2) is 11.9 Å². The first-order valence-corrected chi connectivity index (χ1v) is 8.88. The molecule has 1 fully saturated rings. The van der Waals surface area contributed by atoms with E-state index in [4.69, 9.17) is 0 Å². The third-order valence-corrected chi connectivity index (χ3v) is 5.05. The van der Waals surface area contributed by atoms with Gasteiger partial charge in [0.05, 0.1) is 0 Å². The molecule has 22 heavy (non-hydrogen) atoms. The van der Waals surface area contributed by atoms with Gasteiger partial charge in [0.25, 0.3) is 0 Å². The van der Waals surface area contributed by atoms with E-state index in [2.05, 4.69) is 49.5 Å². The second kappa shape index (κ2) is 8.36. The average molecular weight is 301 g/mol. The zero-order valence-electron chi connectivity index (χ0n) is 14.3. The predicted octanol–water partition coefficient (Wildman–Crippen LogP) is 4.90. The summed E-state index contributed by atoms with van der Waals surface area (Å²) in [5.41, 5.74) is 1.46. The van der Waals surface area contributed by atoms with Gasteiger partial charge in [-0.05, 0) is 68.8 Å². The van der Waals surface area contributed by atoms with Crippen molar-refractivity contribution in [3.63, 3.8) is 0 Å². The second-order valence-corrected chi connectivity index (χ2v) is 7.17. The third-order valence-electron chi connectivity index (χ3n) is 5.05. The quantitative estimate of drug-likeness (QED) is 0.690. The maximum absolute atomic E-state index is 11.1. The Morgan fingerprint density at radius 2 is 1.73 bits per heavy atom. The first kappa shape index (κ1) is 17.1. The molecule has 1 N–H and O–H groups in total. The van der Waals surface area contributed by atoms with Gasteiger partial charge in [0.2, 0.25) is 5.91 Å². The number of amides is 1. The van der Waals surface area contributed by atoms with E-state index in [9.17, 15) is 4.79 Å². The van der Waals surface area contributed by atoms with Crippen LogP contribution < -0.4 is 5.32 Å². The first-order valence-electron chi connectivity index (χ1n) is 8.88. The minimum absolute atomic E-state index is 0.0909. The van der Waals surface area contributed by atoms with Crippen LogP contribution in [0.5, 0.6) is 0 Å². The summed E-state index contributed by atoms with van der Waals surface area (Å²) in [5.74, 6) is 2.54. The van der Waals surface area contributed by atoms with E-state index in [-0.39, 0.29) is 5.91 Å². The minimum atomic E-state index is 0.0909. The van der Waals surface area contributed by atoms with E-state index < -0.39 is 0 Å². The smallest absolute Gasteiger partial charge is 0.217 e. The van der Waals surface area contributed by atoms with Crippen LogP contribution in [0.15, 0.2) is 30.3 Å². The van der Waals surface area contributed by atoms with Crippen LogP contribution in [0.1, 0.15) is 70.8 Å². The number of benzene rings is 1. The summed E-state index contributed by atoms with van der Waals surface area (Å²) >= 11 is 0. The highest BCUT2D eigenvalue weighted by Gasteiger charge is 2.31. The predicted molar refractivity (Wildman–Crippen MR) is 92.8 cm³/mol. The SMILES string of the molecule is CC(=O)NC(C)CCC(CCC(C)c1ccccc1)C1CC1. The molecule has 1 aromatic rings. The lowest BCUT2D eigenvalue weighted by Gasteiger charge is -2.21. The minimum Gasteiger partial charge on any atom is -0.354 e. The largest absolute Gasteiger partial charge is 0.354 e. The third kappa shape index (κ3) is 5.82. The maximum atomic E-state index is 11.1. The topological polar surface area (TPSA) is 29.1 Å². The zero-order chi connectivity index (χ0) is 15.9. The average Bonchev–Trinajstić information content (AvgIpc) is 3.32. The Kier molecular flexibility index (Phi) is 6.48. The molecule has 0 aromatic heterocycles. The highest BCUT2D eigenvalue weighted by atomic mass is 16.1. The van der Waals surface area contributed by atoms with Gasteiger partial charge in [0.15, 0.2) is 0 Å². The van der Waals surface area contributed by atoms with E-state index in [0.29, 0.717) is 12.0 Å². The fourth-order valence-electron chi connectivity index (χ4n) is 3.48. The Morgan fingerprint density at radius 1 is 1.09 bits per heavy atom. The fraction of sp³-hybridized carbons (Fsp3) is 0.650. The molecule has 3 unspecified atom stereocenters. The molecule has 0 radical (unpaired) electrons. The summed E-state index contributed by atoms with van der Waals surface area (Å²) in [5, 5.41) is 3.01. The molecule has 0 spiro atoms. The molecule has 0 bridgehead atoms. The lowest BCUT2D eigenvalue weighted by Crippen LogP contribution is -2.30. The van der Waals surface area contributed by atoms with Crippen molar-refractivity contribution < 1.29 is 4.79 Å². The molecule has 0 saturated heterocycles. The molecule has 122 valence electrons. The van der Waals surface area contributed by atoms with Gasteiger partial charge in [0.1, 0.15) is 0 Å². The molecule has 1 amide bonds. The number of hydrogen-bond acceptors (Lipinski definition) is 1. The van der Waals surface area contributed by atoms with Crippen molar-refractivity contribution in [1.29, 1.82) is 0 Å². The van der Waals surface area contributed by atoms with Crippen molar-refractivity contribution in [2.75, 3.05) is 0 Å². The van der Waals surface area contributed by atoms with Gasteiger partial charge in [0, 0.05) is 13.0 Å². The first-order chi connectivity index (χ1) is 10.6. The van der Waals surface area contributed by atoms with Crippen LogP contribution in [0.25, 0.3) is 0 Å². The molecular formula is C20H31NO. The monoisotopic (exact) mass is 301 g/mol. The van der Waals surface area contributed by atoms with Crippen molar-refractivity contribution in [2.24, 2.45) is 11.8 Å². The Balaban J connectivity index is 1.76. The van der Waals surface area contributed by atoms with Gasteiger partial charge < -0.3 is 5.32 Å². The van der Waals surface area contributed by atoms with Crippen molar-refractivity contribution in [3.8, 4) is 0 Å². The van der Waals surface area contributed by atoms with Gasteiger partial charge >= 0.3 is 0 Å². The van der Waals surface area contributed by atoms with E-state index >= 15 is 0 Å². The van der Waals surface area contributed by atoms with Gasteiger partial charge in [-0.15, -0.1) is 0 Å². The summed E-state index contributed by atoms with van der Waals surface area (Å²) in [6.07, 6.45) is 7.80. The highest BCUT2D eigenvalue weighted by Crippen LogP contribution is 2.42. The molecule has 2 heteroatoms. The van der Waals surface area contributed by atoms with Gasteiger partial charge in [-0.3, -0.25) is 4.79 Å². The van der Waals surface area contributed by atoms with Gasteiger partial charge in [-0.1, -0.05) is 37.3 Å². The van der Waals surface area contributed by atoms with Crippen molar-refractivity contribution in [3.05, 3.63) is 35.9 Å². The van der Waals surface area contributed by atoms with Crippen molar-refractivity contribution in [2.45, 2.75) is 71.3 Å². The molecule has 1 aliphatic rings. The number of carbonyl (C=O) groups is 1. The van der Waals surface area contributed by atoms with Crippen LogP contribution in [0.2, 0.25) is 0 Å². The molecule has 2 rings (SSSR count). The number of hydrogen-bond donors (Lipinski definition) is 1. The van der Waals surface area contributed by atoms with Gasteiger partial charge in [-0.2, -0.15) is 0 Å². The molecule has 3 atom stereocenters. The Labute approximate surface area is 135 Å². The molecule has 1 saturated carbocycles. The highest BCUT2D eigenvalue weighted by molar-refractivity contribution is 5.73. The lowest BCUT2D eigenvalue weighted by molar-refractivity contribution is -0.119. The molecular weight excluding hydrogens is 270 g/mol. The van der Waals surface area contributed by atoms with E-state index in [0.717, 1.165) is 18.3 Å². The van der Waals surface area contributed by atoms with Crippen molar-refractivity contribution in [1.82, 2.24) is 5.32 Å². The number of nitrogens with one attached hydrogen (secondary N) is 1. The van der Waals surface area contributed by atoms with Crippen molar-refractivity contribution >= 4 is 5.91 Å². The Morgan fingerprint density at radius 3 is 2.32 bits per heavy atom. The summed E-state index contributed by atoms with van der Waals surface area (Å²) in [6, 6.07) is 11.2. The van der Waals surface area contributed by atoms with Crippen LogP contribution in [-0.2, 0) is 4.79 Å². The number of carbonyl (C=O) groups excluding carboxylic acids is 1. The van der Waals surface area contributed by atoms with Crippen LogP contribution in [0.4, 0.5) is 0 Å². The molecule has 0 heterocycles. The summed E-state index contributed by atoms with van der Waals surface area (Å²) in [6.45, 7) is 6.08. The molecule has 0 aliphatic heterocycles. The second-order valence-electron chi connectivity index (χ2n) is 7.17. The summed E-state index contributed by atoms with van der Waals surface area (Å²) in [7, 11) is 0. The maximum Gasteiger partial charge on any atom is 0.217 e. The van der Waals surface area contributed by atoms with E-state index in [1.807, 2.05) is 0 Å². The fourth-order valence-corrected chi connectivity index (χ4v) is 3.48. The normalized spacial score (nSPS) is 18.5. The number of rotatable bonds is 9. The molecule has 1 aliphatic carbocycles. The summed E-state index contributed by atoms with van der Waals surface area (Å²) < 4.78 is 0. The van der Waals surface area contributed by atoms with E-state index in [1.165, 1.54) is 37.7 Å². The van der Waals surface area contributed by atoms with Crippen LogP contribution >= 0.6 is 0 Å². The molecule has 1 aromatic carbocycles. The van der Waals surface area contributed by atoms with Crippen LogP contribution in [0.3, 0.4) is 0 Å². The van der Waals surface area contributed by atoms with E-state index in [1.54, 1.807) is 6.92 Å². The standard InChI is InChI=1S/C20H31NO/c1-15(18-7-5-4-6-8-18)9-11-19(20-13-14-20)12-10-16(2)21-17(3)22/h4-8,15-16,19-20H,9-14H2,1-3H3,(H,21,22). The lowest BCUT2D eigenvalue weighted by atomic mass is 9.86. The Bertz CT molecular complexity index is 452.